The van der Waals surface area contributed by atoms with Crippen LogP contribution in [-0.2, 0) is 0 Å². The van der Waals surface area contributed by atoms with E-state index < -0.39 is 0 Å². The molecule has 0 saturated heterocycles. The quantitative estimate of drug-likeness (QED) is 0.378. The number of benzene rings is 2. The molecule has 0 radical (unpaired) electrons. The molecular weight excluding hydrogens is 388 g/mol. The molecule has 0 N–H and O–H groups in total. The van der Waals surface area contributed by atoms with Gasteiger partial charge in [0.05, 0.1) is 17.4 Å². The number of hydrogen-bond donors (Lipinski definition) is 0. The van der Waals surface area contributed by atoms with Gasteiger partial charge >= 0.3 is 0 Å². The van der Waals surface area contributed by atoms with Crippen LogP contribution in [-0.4, -0.2) is 27.0 Å². The molecule has 2 aromatic carbocycles. The molecule has 4 aromatic rings. The first-order chi connectivity index (χ1) is 14.1. The maximum atomic E-state index is 5.85. The van der Waals surface area contributed by atoms with Crippen molar-refractivity contribution in [2.75, 3.05) is 6.61 Å². The van der Waals surface area contributed by atoms with Gasteiger partial charge < -0.3 is 13.6 Å². The standard InChI is InChI=1S/C21H20N4O3S/c1-4-26-17-11-6-5-10-16(17)20-24-25-21(28-20)29-14(3)18-22-23-19(27-18)15-9-7-8-13(2)12-15/h5-12,14H,4H2,1-3H3. The lowest BCUT2D eigenvalue weighted by Crippen LogP contribution is -1.93. The van der Waals surface area contributed by atoms with Gasteiger partial charge in [-0.2, -0.15) is 0 Å². The van der Waals surface area contributed by atoms with Gasteiger partial charge in [-0.05, 0) is 45.0 Å². The Hall–Kier alpha value is -3.13. The van der Waals surface area contributed by atoms with Gasteiger partial charge in [-0.25, -0.2) is 0 Å². The van der Waals surface area contributed by atoms with E-state index in [9.17, 15) is 0 Å². The average molecular weight is 408 g/mol. The van der Waals surface area contributed by atoms with Crippen LogP contribution in [0.3, 0.4) is 0 Å². The van der Waals surface area contributed by atoms with Crippen LogP contribution in [0.1, 0.15) is 30.6 Å². The summed E-state index contributed by atoms with van der Waals surface area (Å²) < 4.78 is 17.3. The lowest BCUT2D eigenvalue weighted by atomic mass is 10.1. The zero-order chi connectivity index (χ0) is 20.2. The van der Waals surface area contributed by atoms with Gasteiger partial charge in [-0.15, -0.1) is 20.4 Å². The minimum Gasteiger partial charge on any atom is -0.493 e. The molecule has 0 fully saturated rings. The first-order valence-electron chi connectivity index (χ1n) is 9.27. The van der Waals surface area contributed by atoms with Crippen molar-refractivity contribution in [2.24, 2.45) is 0 Å². The Kier molecular flexibility index (Phi) is 5.62. The summed E-state index contributed by atoms with van der Waals surface area (Å²) in [6.07, 6.45) is 0. The summed E-state index contributed by atoms with van der Waals surface area (Å²) in [6.45, 7) is 6.47. The number of ether oxygens (including phenoxy) is 1. The van der Waals surface area contributed by atoms with E-state index in [1.54, 1.807) is 0 Å². The Morgan fingerprint density at radius 2 is 1.79 bits per heavy atom. The number of para-hydroxylation sites is 1. The molecule has 4 rings (SSSR count). The molecule has 0 aliphatic heterocycles. The minimum absolute atomic E-state index is 0.142. The van der Waals surface area contributed by atoms with Gasteiger partial charge in [0.15, 0.2) is 0 Å². The summed E-state index contributed by atoms with van der Waals surface area (Å²) in [5.74, 6) is 2.12. The van der Waals surface area contributed by atoms with E-state index in [-0.39, 0.29) is 5.25 Å². The van der Waals surface area contributed by atoms with Gasteiger partial charge in [0.2, 0.25) is 11.8 Å². The third-order valence-corrected chi connectivity index (χ3v) is 5.08. The van der Waals surface area contributed by atoms with E-state index >= 15 is 0 Å². The highest BCUT2D eigenvalue weighted by Gasteiger charge is 2.20. The molecule has 0 aliphatic carbocycles. The van der Waals surface area contributed by atoms with Gasteiger partial charge in [-0.1, -0.05) is 41.6 Å². The van der Waals surface area contributed by atoms with Crippen LogP contribution in [0.25, 0.3) is 22.9 Å². The van der Waals surface area contributed by atoms with E-state index in [4.69, 9.17) is 13.6 Å². The van der Waals surface area contributed by atoms with Gasteiger partial charge in [0.1, 0.15) is 5.75 Å². The molecule has 8 heteroatoms. The zero-order valence-electron chi connectivity index (χ0n) is 16.3. The number of rotatable bonds is 7. The molecule has 1 atom stereocenters. The van der Waals surface area contributed by atoms with E-state index in [1.165, 1.54) is 11.8 Å². The maximum absolute atomic E-state index is 5.85. The largest absolute Gasteiger partial charge is 0.493 e. The Bertz CT molecular complexity index is 1110. The van der Waals surface area contributed by atoms with Crippen LogP contribution in [0.4, 0.5) is 0 Å². The van der Waals surface area contributed by atoms with E-state index in [0.29, 0.717) is 35.3 Å². The lowest BCUT2D eigenvalue weighted by molar-refractivity contribution is 0.340. The molecule has 2 aromatic heterocycles. The topological polar surface area (TPSA) is 87.1 Å². The molecule has 0 aliphatic rings. The Morgan fingerprint density at radius 1 is 0.966 bits per heavy atom. The fourth-order valence-electron chi connectivity index (χ4n) is 2.79. The molecule has 29 heavy (non-hydrogen) atoms. The van der Waals surface area contributed by atoms with Crippen molar-refractivity contribution < 1.29 is 13.6 Å². The molecular formula is C21H20N4O3S. The SMILES string of the molecule is CCOc1ccccc1-c1nnc(SC(C)c2nnc(-c3cccc(C)c3)o2)o1. The Labute approximate surface area is 172 Å². The normalized spacial score (nSPS) is 12.1. The molecule has 0 bridgehead atoms. The first-order valence-corrected chi connectivity index (χ1v) is 10.1. The second-order valence-electron chi connectivity index (χ2n) is 6.38. The predicted molar refractivity (Wildman–Crippen MR) is 110 cm³/mol. The van der Waals surface area contributed by atoms with Crippen LogP contribution in [0.5, 0.6) is 5.75 Å². The van der Waals surface area contributed by atoms with E-state index in [2.05, 4.69) is 20.4 Å². The Balaban J connectivity index is 1.50. The predicted octanol–water partition coefficient (Wildman–Crippen LogP) is 5.35. The van der Waals surface area contributed by atoms with Crippen molar-refractivity contribution in [3.05, 3.63) is 60.0 Å². The van der Waals surface area contributed by atoms with Crippen LogP contribution >= 0.6 is 11.8 Å². The fraction of sp³-hybridized carbons (Fsp3) is 0.238. The van der Waals surface area contributed by atoms with Crippen molar-refractivity contribution in [3.63, 3.8) is 0 Å². The van der Waals surface area contributed by atoms with Crippen LogP contribution in [0.2, 0.25) is 0 Å². The first kappa shape index (κ1) is 19.2. The van der Waals surface area contributed by atoms with Crippen LogP contribution in [0, 0.1) is 6.92 Å². The van der Waals surface area contributed by atoms with Crippen molar-refractivity contribution in [1.82, 2.24) is 20.4 Å². The molecule has 2 heterocycles. The fourth-order valence-corrected chi connectivity index (χ4v) is 3.50. The molecule has 7 nitrogen and oxygen atoms in total. The number of thioether (sulfide) groups is 1. The summed E-state index contributed by atoms with van der Waals surface area (Å²) in [5.41, 5.74) is 2.80. The van der Waals surface area contributed by atoms with Gasteiger partial charge in [0.25, 0.3) is 11.1 Å². The van der Waals surface area contributed by atoms with E-state index in [0.717, 1.165) is 16.7 Å². The molecule has 1 unspecified atom stereocenters. The number of nitrogens with zero attached hydrogens (tertiary/aromatic N) is 4. The molecule has 0 saturated carbocycles. The second-order valence-corrected chi connectivity index (χ2v) is 7.67. The Morgan fingerprint density at radius 3 is 2.62 bits per heavy atom. The van der Waals surface area contributed by atoms with Crippen molar-refractivity contribution in [1.29, 1.82) is 0 Å². The highest BCUT2D eigenvalue weighted by molar-refractivity contribution is 7.99. The zero-order valence-corrected chi connectivity index (χ0v) is 17.1. The lowest BCUT2D eigenvalue weighted by Gasteiger charge is -2.06. The molecule has 0 amide bonds. The summed E-state index contributed by atoms with van der Waals surface area (Å²) in [7, 11) is 0. The maximum Gasteiger partial charge on any atom is 0.277 e. The number of aryl methyl sites for hydroxylation is 1. The smallest absolute Gasteiger partial charge is 0.277 e. The van der Waals surface area contributed by atoms with Crippen LogP contribution in [0.15, 0.2) is 62.6 Å². The average Bonchev–Trinajstić information content (AvgIpc) is 3.39. The van der Waals surface area contributed by atoms with E-state index in [1.807, 2.05) is 69.3 Å². The summed E-state index contributed by atoms with van der Waals surface area (Å²) in [5, 5.41) is 16.9. The van der Waals surface area contributed by atoms with Gasteiger partial charge in [-0.3, -0.25) is 0 Å². The summed E-state index contributed by atoms with van der Waals surface area (Å²) in [6, 6.07) is 15.5. The minimum atomic E-state index is -0.142. The van der Waals surface area contributed by atoms with Crippen LogP contribution < -0.4 is 4.74 Å². The monoisotopic (exact) mass is 408 g/mol. The summed E-state index contributed by atoms with van der Waals surface area (Å²) >= 11 is 1.37. The van der Waals surface area contributed by atoms with Gasteiger partial charge in [0, 0.05) is 5.56 Å². The number of aromatic nitrogens is 4. The van der Waals surface area contributed by atoms with Crippen molar-refractivity contribution in [2.45, 2.75) is 31.2 Å². The third-order valence-electron chi connectivity index (χ3n) is 4.15. The second kappa shape index (κ2) is 8.48. The highest BCUT2D eigenvalue weighted by atomic mass is 32.2. The van der Waals surface area contributed by atoms with Crippen molar-refractivity contribution >= 4 is 11.8 Å². The third kappa shape index (κ3) is 4.32. The summed E-state index contributed by atoms with van der Waals surface area (Å²) in [4.78, 5) is 0. The van der Waals surface area contributed by atoms with Crippen molar-refractivity contribution in [3.8, 4) is 28.7 Å². The molecule has 0 spiro atoms. The highest BCUT2D eigenvalue weighted by Crippen LogP contribution is 2.37. The molecule has 148 valence electrons. The number of hydrogen-bond acceptors (Lipinski definition) is 8.